The van der Waals surface area contributed by atoms with E-state index in [9.17, 15) is 0 Å². The van der Waals surface area contributed by atoms with Crippen LogP contribution in [0.4, 0.5) is 0 Å². The fourth-order valence-electron chi connectivity index (χ4n) is 3.20. The Balaban J connectivity index is 0.00000243. The van der Waals surface area contributed by atoms with Crippen LogP contribution in [0.1, 0.15) is 19.4 Å². The molecule has 1 N–H and O–H groups in total. The molecule has 0 amide bonds. The molecule has 5 nitrogen and oxygen atoms in total. The summed E-state index contributed by atoms with van der Waals surface area (Å²) in [4.78, 5) is 9.74. The van der Waals surface area contributed by atoms with Crippen LogP contribution in [0.5, 0.6) is 0 Å². The maximum atomic E-state index is 5.97. The van der Waals surface area contributed by atoms with Crippen LogP contribution in [0.25, 0.3) is 0 Å². The summed E-state index contributed by atoms with van der Waals surface area (Å²) in [5, 5.41) is 4.24. The Bertz CT molecular complexity index is 584. The largest absolute Gasteiger partial charge is 0.380 e. The van der Waals surface area contributed by atoms with Crippen LogP contribution in [-0.4, -0.2) is 68.2 Å². The minimum atomic E-state index is 0. The summed E-state index contributed by atoms with van der Waals surface area (Å²) in [5.41, 5.74) is 1.54. The fraction of sp³-hybridized carbons (Fsp3) is 0.632. The summed E-state index contributed by atoms with van der Waals surface area (Å²) in [6.45, 7) is 12.8. The highest BCUT2D eigenvalue weighted by molar-refractivity contribution is 14.0. The molecular weight excluding hydrogens is 463 g/mol. The predicted octanol–water partition coefficient (Wildman–Crippen LogP) is 3.08. The van der Waals surface area contributed by atoms with Crippen LogP contribution in [0, 0.1) is 5.41 Å². The second kappa shape index (κ2) is 10.1. The molecule has 0 aliphatic carbocycles. The van der Waals surface area contributed by atoms with E-state index >= 15 is 0 Å². The summed E-state index contributed by atoms with van der Waals surface area (Å²) in [6.07, 6.45) is 0. The minimum Gasteiger partial charge on any atom is -0.380 e. The van der Waals surface area contributed by atoms with Crippen molar-refractivity contribution in [3.63, 3.8) is 0 Å². The molecule has 0 radical (unpaired) electrons. The normalized spacial score (nSPS) is 20.3. The van der Waals surface area contributed by atoms with Gasteiger partial charge in [-0.3, -0.25) is 9.89 Å². The van der Waals surface area contributed by atoms with E-state index in [4.69, 9.17) is 21.3 Å². The average molecular weight is 493 g/mol. The number of guanidine groups is 1. The van der Waals surface area contributed by atoms with E-state index in [2.05, 4.69) is 41.1 Å². The maximum absolute atomic E-state index is 5.97. The first-order valence-corrected chi connectivity index (χ1v) is 9.54. The van der Waals surface area contributed by atoms with Crippen molar-refractivity contribution in [1.29, 1.82) is 0 Å². The third-order valence-electron chi connectivity index (χ3n) is 4.84. The van der Waals surface area contributed by atoms with Crippen molar-refractivity contribution in [2.24, 2.45) is 10.4 Å². The summed E-state index contributed by atoms with van der Waals surface area (Å²) in [5.74, 6) is 1.04. The molecule has 2 heterocycles. The van der Waals surface area contributed by atoms with Gasteiger partial charge in [-0.25, -0.2) is 0 Å². The number of halogens is 2. The van der Waals surface area contributed by atoms with Crippen molar-refractivity contribution in [1.82, 2.24) is 15.1 Å². The van der Waals surface area contributed by atoms with E-state index in [1.807, 2.05) is 12.1 Å². The third kappa shape index (κ3) is 5.97. The van der Waals surface area contributed by atoms with Crippen LogP contribution in [-0.2, 0) is 11.3 Å². The number of benzene rings is 1. The highest BCUT2D eigenvalue weighted by Gasteiger charge is 2.33. The number of rotatable bonds is 5. The van der Waals surface area contributed by atoms with Gasteiger partial charge in [0, 0.05) is 49.7 Å². The Labute approximate surface area is 179 Å². The van der Waals surface area contributed by atoms with Gasteiger partial charge in [-0.1, -0.05) is 30.7 Å². The number of nitrogens with one attached hydrogen (secondary N) is 1. The molecule has 7 heteroatoms. The quantitative estimate of drug-likeness (QED) is 0.390. The molecule has 0 aromatic heterocycles. The van der Waals surface area contributed by atoms with Gasteiger partial charge in [-0.2, -0.15) is 0 Å². The lowest BCUT2D eigenvalue weighted by molar-refractivity contribution is -0.0946. The summed E-state index contributed by atoms with van der Waals surface area (Å²) < 4.78 is 5.34. The van der Waals surface area contributed by atoms with Gasteiger partial charge in [0.25, 0.3) is 0 Å². The number of hydrogen-bond donors (Lipinski definition) is 1. The van der Waals surface area contributed by atoms with E-state index in [0.29, 0.717) is 0 Å². The van der Waals surface area contributed by atoms with Crippen LogP contribution in [0.15, 0.2) is 29.3 Å². The first-order valence-electron chi connectivity index (χ1n) is 9.16. The molecule has 26 heavy (non-hydrogen) atoms. The molecule has 0 bridgehead atoms. The number of hydrogen-bond acceptors (Lipinski definition) is 3. The zero-order valence-corrected chi connectivity index (χ0v) is 18.8. The number of nitrogens with zero attached hydrogens (tertiary/aromatic N) is 3. The van der Waals surface area contributed by atoms with Crippen molar-refractivity contribution in [3.8, 4) is 0 Å². The molecule has 1 aromatic carbocycles. The van der Waals surface area contributed by atoms with Crippen molar-refractivity contribution >= 4 is 41.5 Å². The standard InChI is InChI=1S/C19H29ClN4O.HI/c1-3-21-18(22-13-19(2)14-25-15-19)24-10-8-23(9-11-24)12-16-4-6-17(20)7-5-16;/h4-7H,3,8-15H2,1-2H3,(H,21,22);1H. The zero-order valence-electron chi connectivity index (χ0n) is 15.7. The van der Waals surface area contributed by atoms with Crippen LogP contribution in [0.2, 0.25) is 5.02 Å². The molecular formula is C19H30ClIN4O. The van der Waals surface area contributed by atoms with Crippen LogP contribution in [0.3, 0.4) is 0 Å². The molecule has 0 unspecified atom stereocenters. The van der Waals surface area contributed by atoms with Crippen molar-refractivity contribution in [2.75, 3.05) is 52.5 Å². The molecule has 146 valence electrons. The van der Waals surface area contributed by atoms with Crippen molar-refractivity contribution in [3.05, 3.63) is 34.9 Å². The van der Waals surface area contributed by atoms with Gasteiger partial charge in [-0.15, -0.1) is 24.0 Å². The van der Waals surface area contributed by atoms with Gasteiger partial charge >= 0.3 is 0 Å². The van der Waals surface area contributed by atoms with Crippen LogP contribution >= 0.6 is 35.6 Å². The van der Waals surface area contributed by atoms with E-state index in [1.54, 1.807) is 0 Å². The molecule has 0 spiro atoms. The highest BCUT2D eigenvalue weighted by atomic mass is 127. The predicted molar refractivity (Wildman–Crippen MR) is 119 cm³/mol. The number of aliphatic imine (C=N–C) groups is 1. The van der Waals surface area contributed by atoms with E-state index in [0.717, 1.165) is 70.0 Å². The molecule has 0 atom stereocenters. The SMILES string of the molecule is CCNC(=NCC1(C)COC1)N1CCN(Cc2ccc(Cl)cc2)CC1.I. The Morgan fingerprint density at radius 3 is 2.38 bits per heavy atom. The first kappa shape index (κ1) is 21.7. The van der Waals surface area contributed by atoms with E-state index in [-0.39, 0.29) is 29.4 Å². The summed E-state index contributed by atoms with van der Waals surface area (Å²) in [7, 11) is 0. The monoisotopic (exact) mass is 492 g/mol. The third-order valence-corrected chi connectivity index (χ3v) is 5.09. The lowest BCUT2D eigenvalue weighted by Crippen LogP contribution is -2.52. The van der Waals surface area contributed by atoms with Crippen molar-refractivity contribution in [2.45, 2.75) is 20.4 Å². The number of ether oxygens (including phenoxy) is 1. The van der Waals surface area contributed by atoms with Crippen molar-refractivity contribution < 1.29 is 4.74 Å². The molecule has 2 aliphatic rings. The van der Waals surface area contributed by atoms with Gasteiger partial charge in [-0.05, 0) is 24.6 Å². The second-order valence-electron chi connectivity index (χ2n) is 7.36. The van der Waals surface area contributed by atoms with Crippen LogP contribution < -0.4 is 5.32 Å². The molecule has 0 saturated carbocycles. The van der Waals surface area contributed by atoms with Gasteiger partial charge in [0.2, 0.25) is 0 Å². The van der Waals surface area contributed by atoms with Gasteiger partial charge in [0.1, 0.15) is 0 Å². The second-order valence-corrected chi connectivity index (χ2v) is 7.80. The molecule has 3 rings (SSSR count). The topological polar surface area (TPSA) is 40.1 Å². The summed E-state index contributed by atoms with van der Waals surface area (Å²) >= 11 is 5.97. The molecule has 2 saturated heterocycles. The Morgan fingerprint density at radius 2 is 1.85 bits per heavy atom. The lowest BCUT2D eigenvalue weighted by Gasteiger charge is -2.39. The van der Waals surface area contributed by atoms with E-state index < -0.39 is 0 Å². The molecule has 2 fully saturated rings. The Kier molecular flexibility index (Phi) is 8.44. The summed E-state index contributed by atoms with van der Waals surface area (Å²) in [6, 6.07) is 8.16. The first-order chi connectivity index (χ1) is 12.1. The lowest BCUT2D eigenvalue weighted by atomic mass is 9.89. The Hall–Kier alpha value is -0.570. The number of piperazine rings is 1. The minimum absolute atomic E-state index is 0. The smallest absolute Gasteiger partial charge is 0.194 e. The van der Waals surface area contributed by atoms with Gasteiger partial charge < -0.3 is 15.0 Å². The molecule has 1 aromatic rings. The zero-order chi connectivity index (χ0) is 17.7. The van der Waals surface area contributed by atoms with Gasteiger partial charge in [0.05, 0.1) is 19.8 Å². The van der Waals surface area contributed by atoms with E-state index in [1.165, 1.54) is 5.56 Å². The molecule has 2 aliphatic heterocycles. The Morgan fingerprint density at radius 1 is 1.19 bits per heavy atom. The highest BCUT2D eigenvalue weighted by Crippen LogP contribution is 2.26. The van der Waals surface area contributed by atoms with Gasteiger partial charge in [0.15, 0.2) is 5.96 Å². The average Bonchev–Trinajstić information content (AvgIpc) is 2.60. The maximum Gasteiger partial charge on any atom is 0.194 e. The fourth-order valence-corrected chi connectivity index (χ4v) is 3.33.